The molecule has 0 unspecified atom stereocenters. The van der Waals surface area contributed by atoms with Gasteiger partial charge in [-0.2, -0.15) is 0 Å². The van der Waals surface area contributed by atoms with Crippen LogP contribution < -0.4 is 4.72 Å². The molecule has 0 aliphatic heterocycles. The number of anilines is 1. The summed E-state index contributed by atoms with van der Waals surface area (Å²) in [4.78, 5) is 10.1. The number of imidazole rings is 1. The van der Waals surface area contributed by atoms with Crippen molar-refractivity contribution in [3.05, 3.63) is 65.2 Å². The minimum Gasteiger partial charge on any atom is -0.297 e. The van der Waals surface area contributed by atoms with E-state index in [1.54, 1.807) is 41.7 Å². The molecule has 0 spiro atoms. The number of nitrogens with one attached hydrogen (secondary N) is 1. The van der Waals surface area contributed by atoms with E-state index in [4.69, 9.17) is 0 Å². The van der Waals surface area contributed by atoms with Crippen molar-refractivity contribution in [1.29, 1.82) is 0 Å². The maximum Gasteiger partial charge on any atom is 0.261 e. The van der Waals surface area contributed by atoms with E-state index in [-0.39, 0.29) is 4.90 Å². The lowest BCUT2D eigenvalue weighted by atomic mass is 10.1. The van der Waals surface area contributed by atoms with Crippen LogP contribution in [-0.2, 0) is 10.0 Å². The average molecular weight is 427 g/mol. The molecule has 1 N–H and O–H groups in total. The molecule has 0 saturated heterocycles. The van der Waals surface area contributed by atoms with Gasteiger partial charge in [-0.15, -0.1) is 22.7 Å². The Bertz CT molecular complexity index is 1400. The maximum absolute atomic E-state index is 12.9. The predicted molar refractivity (Wildman–Crippen MR) is 114 cm³/mol. The zero-order valence-electron chi connectivity index (χ0n) is 14.7. The summed E-state index contributed by atoms with van der Waals surface area (Å²) in [6.07, 6.45) is 3.87. The van der Waals surface area contributed by atoms with E-state index in [2.05, 4.69) is 14.7 Å². The molecule has 0 aliphatic rings. The number of sulfonamides is 1. The number of aromatic nitrogens is 3. The summed E-state index contributed by atoms with van der Waals surface area (Å²) >= 11 is 3.03. The smallest absolute Gasteiger partial charge is 0.261 e. The van der Waals surface area contributed by atoms with Gasteiger partial charge in [0.2, 0.25) is 0 Å². The molecule has 0 aliphatic carbocycles. The van der Waals surface area contributed by atoms with Crippen molar-refractivity contribution in [3.63, 3.8) is 0 Å². The molecule has 28 heavy (non-hydrogen) atoms. The standard InChI is InChI=1S/C19H14N4O2S3/c1-12-20-16-6-5-15(10-18(16)27-12)28(24,25)22-14-4-2-3-13(9-14)17-11-23-7-8-26-19(23)21-17/h2-11,22H,1H3. The molecule has 3 aromatic heterocycles. The molecule has 3 heterocycles. The summed E-state index contributed by atoms with van der Waals surface area (Å²) in [5.41, 5.74) is 2.96. The fraction of sp³-hybridized carbons (Fsp3) is 0.0526. The summed E-state index contributed by atoms with van der Waals surface area (Å²) in [6.45, 7) is 1.91. The average Bonchev–Trinajstić information content (AvgIpc) is 3.34. The second-order valence-electron chi connectivity index (χ2n) is 6.27. The van der Waals surface area contributed by atoms with Crippen LogP contribution in [0.25, 0.3) is 26.4 Å². The van der Waals surface area contributed by atoms with E-state index in [0.717, 1.165) is 31.4 Å². The normalized spacial score (nSPS) is 12.0. The number of hydrogen-bond donors (Lipinski definition) is 1. The molecule has 0 radical (unpaired) electrons. The minimum absolute atomic E-state index is 0.219. The molecule has 0 atom stereocenters. The first-order chi connectivity index (χ1) is 13.5. The van der Waals surface area contributed by atoms with Crippen molar-refractivity contribution in [2.24, 2.45) is 0 Å². The van der Waals surface area contributed by atoms with Crippen molar-refractivity contribution in [3.8, 4) is 11.3 Å². The summed E-state index contributed by atoms with van der Waals surface area (Å²) in [5.74, 6) is 0. The Morgan fingerprint density at radius 1 is 1.11 bits per heavy atom. The second kappa shape index (κ2) is 6.40. The van der Waals surface area contributed by atoms with Crippen LogP contribution in [0, 0.1) is 6.92 Å². The number of thiazole rings is 2. The molecule has 140 valence electrons. The van der Waals surface area contributed by atoms with Gasteiger partial charge in [-0.05, 0) is 37.3 Å². The Kier molecular flexibility index (Phi) is 3.97. The molecule has 0 saturated carbocycles. The second-order valence-corrected chi connectivity index (χ2v) is 10.1. The zero-order chi connectivity index (χ0) is 19.3. The van der Waals surface area contributed by atoms with Gasteiger partial charge in [0.1, 0.15) is 0 Å². The van der Waals surface area contributed by atoms with Crippen LogP contribution in [0.5, 0.6) is 0 Å². The third kappa shape index (κ3) is 3.07. The molecule has 0 amide bonds. The molecular weight excluding hydrogens is 412 g/mol. The highest BCUT2D eigenvalue weighted by atomic mass is 32.2. The van der Waals surface area contributed by atoms with E-state index in [9.17, 15) is 8.42 Å². The van der Waals surface area contributed by atoms with Crippen molar-refractivity contribution in [1.82, 2.24) is 14.4 Å². The Balaban J connectivity index is 1.48. The quantitative estimate of drug-likeness (QED) is 0.449. The Morgan fingerprint density at radius 3 is 2.86 bits per heavy atom. The van der Waals surface area contributed by atoms with Gasteiger partial charge in [0, 0.05) is 29.0 Å². The first-order valence-electron chi connectivity index (χ1n) is 8.41. The van der Waals surface area contributed by atoms with Crippen LogP contribution in [0.4, 0.5) is 5.69 Å². The predicted octanol–water partition coefficient (Wildman–Crippen LogP) is 4.78. The molecule has 2 aromatic carbocycles. The van der Waals surface area contributed by atoms with Crippen LogP contribution in [0.15, 0.2) is 65.1 Å². The molecule has 5 aromatic rings. The Morgan fingerprint density at radius 2 is 2.00 bits per heavy atom. The van der Waals surface area contributed by atoms with Crippen molar-refractivity contribution >= 4 is 53.6 Å². The van der Waals surface area contributed by atoms with E-state index in [0.29, 0.717) is 5.69 Å². The van der Waals surface area contributed by atoms with E-state index in [1.165, 1.54) is 11.3 Å². The lowest BCUT2D eigenvalue weighted by Gasteiger charge is -2.09. The van der Waals surface area contributed by atoms with Gasteiger partial charge >= 0.3 is 0 Å². The van der Waals surface area contributed by atoms with Crippen LogP contribution in [0.1, 0.15) is 5.01 Å². The molecular formula is C19H14N4O2S3. The van der Waals surface area contributed by atoms with E-state index in [1.807, 2.05) is 41.2 Å². The first-order valence-corrected chi connectivity index (χ1v) is 11.6. The fourth-order valence-electron chi connectivity index (χ4n) is 3.01. The van der Waals surface area contributed by atoms with Crippen LogP contribution >= 0.6 is 22.7 Å². The zero-order valence-corrected chi connectivity index (χ0v) is 17.1. The van der Waals surface area contributed by atoms with Crippen LogP contribution in [0.2, 0.25) is 0 Å². The van der Waals surface area contributed by atoms with Gasteiger partial charge in [0.15, 0.2) is 4.96 Å². The van der Waals surface area contributed by atoms with Gasteiger partial charge in [-0.1, -0.05) is 12.1 Å². The van der Waals surface area contributed by atoms with Crippen molar-refractivity contribution < 1.29 is 8.42 Å². The first kappa shape index (κ1) is 17.4. The van der Waals surface area contributed by atoms with Crippen LogP contribution in [0.3, 0.4) is 0 Å². The van der Waals surface area contributed by atoms with Gasteiger partial charge in [-0.25, -0.2) is 18.4 Å². The summed E-state index contributed by atoms with van der Waals surface area (Å²) in [6, 6.07) is 12.2. The number of benzene rings is 2. The number of hydrogen-bond acceptors (Lipinski definition) is 6. The highest BCUT2D eigenvalue weighted by molar-refractivity contribution is 7.92. The lowest BCUT2D eigenvalue weighted by Crippen LogP contribution is -2.12. The third-order valence-electron chi connectivity index (χ3n) is 4.28. The minimum atomic E-state index is -3.70. The van der Waals surface area contributed by atoms with Gasteiger partial charge in [0.25, 0.3) is 10.0 Å². The molecule has 5 rings (SSSR count). The number of nitrogens with zero attached hydrogens (tertiary/aromatic N) is 3. The third-order valence-corrected chi connectivity index (χ3v) is 7.36. The number of aryl methyl sites for hydroxylation is 1. The SMILES string of the molecule is Cc1nc2ccc(S(=O)(=O)Nc3cccc(-c4cn5ccsc5n4)c3)cc2s1. The highest BCUT2D eigenvalue weighted by Gasteiger charge is 2.16. The lowest BCUT2D eigenvalue weighted by molar-refractivity contribution is 0.601. The molecule has 9 heteroatoms. The van der Waals surface area contributed by atoms with Crippen molar-refractivity contribution in [2.45, 2.75) is 11.8 Å². The molecule has 6 nitrogen and oxygen atoms in total. The number of rotatable bonds is 4. The van der Waals surface area contributed by atoms with Crippen molar-refractivity contribution in [2.75, 3.05) is 4.72 Å². The molecule has 0 bridgehead atoms. The topological polar surface area (TPSA) is 76.4 Å². The summed E-state index contributed by atoms with van der Waals surface area (Å²) < 4.78 is 31.2. The van der Waals surface area contributed by atoms with E-state index >= 15 is 0 Å². The summed E-state index contributed by atoms with van der Waals surface area (Å²) in [5, 5.41) is 2.88. The number of fused-ring (bicyclic) bond motifs is 2. The monoisotopic (exact) mass is 426 g/mol. The van der Waals surface area contributed by atoms with Crippen LogP contribution in [-0.4, -0.2) is 22.8 Å². The maximum atomic E-state index is 12.9. The summed E-state index contributed by atoms with van der Waals surface area (Å²) in [7, 11) is -3.70. The Labute approximate surface area is 169 Å². The highest BCUT2D eigenvalue weighted by Crippen LogP contribution is 2.28. The Hall–Kier alpha value is -2.75. The van der Waals surface area contributed by atoms with Gasteiger partial charge in [0.05, 0.1) is 25.8 Å². The fourth-order valence-corrected chi connectivity index (χ4v) is 5.73. The largest absolute Gasteiger partial charge is 0.297 e. The van der Waals surface area contributed by atoms with Gasteiger partial charge < -0.3 is 0 Å². The van der Waals surface area contributed by atoms with E-state index < -0.39 is 10.0 Å². The van der Waals surface area contributed by atoms with Gasteiger partial charge in [-0.3, -0.25) is 9.12 Å². The molecule has 0 fully saturated rings.